The van der Waals surface area contributed by atoms with E-state index in [4.69, 9.17) is 0 Å². The SMILES string of the molecule is CC1CCN(C(=O)C2C3C4CCC(C4)C23)C(C(=O)O)C1. The molecule has 1 N–H and O–H groups in total. The number of aliphatic carboxylic acids is 1. The van der Waals surface area contributed by atoms with Crippen molar-refractivity contribution in [3.8, 4) is 0 Å². The fourth-order valence-electron chi connectivity index (χ4n) is 5.49. The van der Waals surface area contributed by atoms with Crippen LogP contribution in [0.15, 0.2) is 0 Å². The number of carbonyl (C=O) groups excluding carboxylic acids is 1. The fourth-order valence-corrected chi connectivity index (χ4v) is 5.49. The summed E-state index contributed by atoms with van der Waals surface area (Å²) in [6.07, 6.45) is 5.50. The van der Waals surface area contributed by atoms with Gasteiger partial charge in [-0.05, 0) is 61.7 Å². The number of fused-ring (bicyclic) bond motifs is 5. The van der Waals surface area contributed by atoms with Crippen LogP contribution in [0.2, 0.25) is 0 Å². The number of carboxylic acids is 1. The average Bonchev–Trinajstić information content (AvgIpc) is 2.85. The number of piperidine rings is 1. The third-order valence-corrected chi connectivity index (χ3v) is 6.45. The van der Waals surface area contributed by atoms with Gasteiger partial charge in [-0.3, -0.25) is 4.79 Å². The second-order valence-electron chi connectivity index (χ2n) is 7.53. The van der Waals surface area contributed by atoms with Gasteiger partial charge in [0.1, 0.15) is 6.04 Å². The van der Waals surface area contributed by atoms with E-state index in [1.165, 1.54) is 19.3 Å². The van der Waals surface area contributed by atoms with E-state index in [9.17, 15) is 14.7 Å². The number of hydrogen-bond acceptors (Lipinski definition) is 2. The summed E-state index contributed by atoms with van der Waals surface area (Å²) in [7, 11) is 0. The van der Waals surface area contributed by atoms with E-state index < -0.39 is 12.0 Å². The summed E-state index contributed by atoms with van der Waals surface area (Å²) in [5, 5.41) is 9.40. The number of carbonyl (C=O) groups is 2. The average molecular weight is 277 g/mol. The minimum absolute atomic E-state index is 0.163. The van der Waals surface area contributed by atoms with Crippen LogP contribution in [0.1, 0.15) is 39.0 Å². The zero-order valence-corrected chi connectivity index (χ0v) is 12.0. The van der Waals surface area contributed by atoms with E-state index in [0.29, 0.717) is 30.7 Å². The molecule has 4 rings (SSSR count). The summed E-state index contributed by atoms with van der Waals surface area (Å²) in [5.41, 5.74) is 0. The largest absolute Gasteiger partial charge is 0.480 e. The Hall–Kier alpha value is -1.06. The van der Waals surface area contributed by atoms with Gasteiger partial charge in [0.2, 0.25) is 5.91 Å². The smallest absolute Gasteiger partial charge is 0.326 e. The molecule has 1 aliphatic heterocycles. The molecular weight excluding hydrogens is 254 g/mol. The summed E-state index contributed by atoms with van der Waals surface area (Å²) >= 11 is 0. The van der Waals surface area contributed by atoms with Crippen LogP contribution in [0.4, 0.5) is 0 Å². The van der Waals surface area contributed by atoms with Crippen molar-refractivity contribution in [1.29, 1.82) is 0 Å². The molecule has 20 heavy (non-hydrogen) atoms. The third-order valence-electron chi connectivity index (χ3n) is 6.45. The highest BCUT2D eigenvalue weighted by molar-refractivity contribution is 5.87. The van der Waals surface area contributed by atoms with Gasteiger partial charge in [-0.1, -0.05) is 6.92 Å². The van der Waals surface area contributed by atoms with Crippen LogP contribution in [-0.4, -0.2) is 34.5 Å². The molecule has 4 heteroatoms. The van der Waals surface area contributed by atoms with Gasteiger partial charge < -0.3 is 10.0 Å². The van der Waals surface area contributed by atoms with Crippen LogP contribution in [0.5, 0.6) is 0 Å². The Kier molecular flexibility index (Phi) is 2.67. The van der Waals surface area contributed by atoms with Crippen LogP contribution in [0.3, 0.4) is 0 Å². The molecule has 1 amide bonds. The minimum atomic E-state index is -0.821. The number of likely N-dealkylation sites (tertiary alicyclic amines) is 1. The summed E-state index contributed by atoms with van der Waals surface area (Å²) < 4.78 is 0. The fraction of sp³-hybridized carbons (Fsp3) is 0.875. The van der Waals surface area contributed by atoms with Crippen molar-refractivity contribution in [2.24, 2.45) is 35.5 Å². The van der Waals surface area contributed by atoms with Gasteiger partial charge in [0.25, 0.3) is 0 Å². The van der Waals surface area contributed by atoms with E-state index >= 15 is 0 Å². The number of hydrogen-bond donors (Lipinski definition) is 1. The first-order chi connectivity index (χ1) is 9.58. The van der Waals surface area contributed by atoms with Crippen LogP contribution in [0, 0.1) is 35.5 Å². The Morgan fingerprint density at radius 1 is 1.05 bits per heavy atom. The zero-order valence-electron chi connectivity index (χ0n) is 12.0. The normalized spacial score (nSPS) is 49.0. The molecule has 6 atom stereocenters. The second kappa shape index (κ2) is 4.22. The highest BCUT2D eigenvalue weighted by Crippen LogP contribution is 2.69. The Balaban J connectivity index is 1.50. The molecule has 1 heterocycles. The predicted octanol–water partition coefficient (Wildman–Crippen LogP) is 1.99. The van der Waals surface area contributed by atoms with Crippen LogP contribution in [-0.2, 0) is 9.59 Å². The maximum Gasteiger partial charge on any atom is 0.326 e. The van der Waals surface area contributed by atoms with Gasteiger partial charge in [-0.2, -0.15) is 0 Å². The third kappa shape index (κ3) is 1.66. The lowest BCUT2D eigenvalue weighted by molar-refractivity contribution is -0.154. The number of rotatable bonds is 2. The van der Waals surface area contributed by atoms with Crippen molar-refractivity contribution in [1.82, 2.24) is 4.90 Å². The van der Waals surface area contributed by atoms with Gasteiger partial charge in [0.15, 0.2) is 0 Å². The molecular formula is C16H23NO3. The van der Waals surface area contributed by atoms with Gasteiger partial charge in [-0.15, -0.1) is 0 Å². The quantitative estimate of drug-likeness (QED) is 0.839. The van der Waals surface area contributed by atoms with Crippen molar-refractivity contribution >= 4 is 11.9 Å². The molecule has 6 unspecified atom stereocenters. The summed E-state index contributed by atoms with van der Waals surface area (Å²) in [4.78, 5) is 25.9. The highest BCUT2D eigenvalue weighted by Gasteiger charge is 2.68. The van der Waals surface area contributed by atoms with Crippen molar-refractivity contribution < 1.29 is 14.7 Å². The lowest BCUT2D eigenvalue weighted by atomic mass is 9.91. The minimum Gasteiger partial charge on any atom is -0.480 e. The van der Waals surface area contributed by atoms with Crippen LogP contribution >= 0.6 is 0 Å². The van der Waals surface area contributed by atoms with Gasteiger partial charge in [0, 0.05) is 12.5 Å². The Labute approximate surface area is 119 Å². The first-order valence-electron chi connectivity index (χ1n) is 8.11. The van der Waals surface area contributed by atoms with Gasteiger partial charge in [-0.25, -0.2) is 4.79 Å². The molecule has 1 saturated heterocycles. The first-order valence-corrected chi connectivity index (χ1v) is 8.11. The topological polar surface area (TPSA) is 57.6 Å². The predicted molar refractivity (Wildman–Crippen MR) is 72.8 cm³/mol. The molecule has 4 nitrogen and oxygen atoms in total. The Morgan fingerprint density at radius 2 is 1.70 bits per heavy atom. The number of carboxylic acid groups (broad SMARTS) is 1. The molecule has 3 aliphatic carbocycles. The molecule has 4 aliphatic rings. The summed E-state index contributed by atoms with van der Waals surface area (Å²) in [6, 6.07) is -0.578. The van der Waals surface area contributed by atoms with E-state index in [1.807, 2.05) is 0 Å². The standard InChI is InChI=1S/C16H23NO3/c1-8-4-5-17(11(6-8)16(19)20)15(18)14-12-9-2-3-10(7-9)13(12)14/h8-14H,2-7H2,1H3,(H,19,20). The molecule has 110 valence electrons. The van der Waals surface area contributed by atoms with E-state index in [1.54, 1.807) is 4.90 Å². The van der Waals surface area contributed by atoms with Crippen LogP contribution in [0.25, 0.3) is 0 Å². The molecule has 0 aromatic carbocycles. The molecule has 2 bridgehead atoms. The monoisotopic (exact) mass is 277 g/mol. The van der Waals surface area contributed by atoms with Crippen molar-refractivity contribution in [2.75, 3.05) is 6.54 Å². The number of amides is 1. The van der Waals surface area contributed by atoms with Crippen LogP contribution < -0.4 is 0 Å². The lowest BCUT2D eigenvalue weighted by Crippen LogP contribution is -2.50. The van der Waals surface area contributed by atoms with Crippen molar-refractivity contribution in [3.05, 3.63) is 0 Å². The molecule has 0 aromatic heterocycles. The lowest BCUT2D eigenvalue weighted by Gasteiger charge is -2.36. The van der Waals surface area contributed by atoms with E-state index in [-0.39, 0.29) is 11.8 Å². The first kappa shape index (κ1) is 12.7. The second-order valence-corrected chi connectivity index (χ2v) is 7.53. The Morgan fingerprint density at radius 3 is 2.30 bits per heavy atom. The summed E-state index contributed by atoms with van der Waals surface area (Å²) in [5.74, 6) is 2.68. The van der Waals surface area contributed by atoms with Gasteiger partial charge >= 0.3 is 5.97 Å². The molecule has 3 saturated carbocycles. The maximum absolute atomic E-state index is 12.8. The molecule has 0 radical (unpaired) electrons. The maximum atomic E-state index is 12.8. The molecule has 0 spiro atoms. The zero-order chi connectivity index (χ0) is 14.0. The molecule has 0 aromatic rings. The Bertz CT molecular complexity index is 447. The molecule has 4 fully saturated rings. The summed E-state index contributed by atoms with van der Waals surface area (Å²) in [6.45, 7) is 2.73. The van der Waals surface area contributed by atoms with Gasteiger partial charge in [0.05, 0.1) is 0 Å². The number of nitrogens with zero attached hydrogens (tertiary/aromatic N) is 1. The van der Waals surface area contributed by atoms with E-state index in [0.717, 1.165) is 18.3 Å². The van der Waals surface area contributed by atoms with Crippen molar-refractivity contribution in [2.45, 2.75) is 45.1 Å². The van der Waals surface area contributed by atoms with Crippen molar-refractivity contribution in [3.63, 3.8) is 0 Å². The highest BCUT2D eigenvalue weighted by atomic mass is 16.4. The van der Waals surface area contributed by atoms with E-state index in [2.05, 4.69) is 6.92 Å².